The molecular formula is C12H20O3. The van der Waals surface area contributed by atoms with Gasteiger partial charge in [0.2, 0.25) is 0 Å². The van der Waals surface area contributed by atoms with Crippen LogP contribution in [0.3, 0.4) is 0 Å². The standard InChI is InChI=1S/C12H20O3/c1-8-5-9(2)7-12(6-8)10(11(13)14)3-4-15-12/h8-10H,3-7H2,1-2H3,(H,13,14). The normalized spacial score (nSPS) is 45.9. The maximum atomic E-state index is 11.2. The molecule has 1 spiro atoms. The van der Waals surface area contributed by atoms with Gasteiger partial charge in [-0.2, -0.15) is 0 Å². The molecule has 2 fully saturated rings. The van der Waals surface area contributed by atoms with Crippen LogP contribution >= 0.6 is 0 Å². The molecule has 0 aromatic rings. The van der Waals surface area contributed by atoms with Crippen molar-refractivity contribution in [2.75, 3.05) is 6.61 Å². The molecular weight excluding hydrogens is 192 g/mol. The maximum Gasteiger partial charge on any atom is 0.309 e. The second kappa shape index (κ2) is 3.78. The van der Waals surface area contributed by atoms with Gasteiger partial charge < -0.3 is 9.84 Å². The van der Waals surface area contributed by atoms with E-state index in [1.807, 2.05) is 0 Å². The van der Waals surface area contributed by atoms with Gasteiger partial charge in [0.1, 0.15) is 0 Å². The van der Waals surface area contributed by atoms with Crippen LogP contribution in [0.4, 0.5) is 0 Å². The van der Waals surface area contributed by atoms with Gasteiger partial charge in [-0.1, -0.05) is 13.8 Å². The Bertz CT molecular complexity index is 252. The van der Waals surface area contributed by atoms with Crippen LogP contribution in [0.2, 0.25) is 0 Å². The summed E-state index contributed by atoms with van der Waals surface area (Å²) in [7, 11) is 0. The zero-order chi connectivity index (χ0) is 11.1. The number of ether oxygens (including phenoxy) is 1. The van der Waals surface area contributed by atoms with Gasteiger partial charge in [0.05, 0.1) is 11.5 Å². The molecule has 0 radical (unpaired) electrons. The van der Waals surface area contributed by atoms with Gasteiger partial charge in [-0.3, -0.25) is 4.79 Å². The molecule has 86 valence electrons. The van der Waals surface area contributed by atoms with Crippen LogP contribution in [0.5, 0.6) is 0 Å². The highest BCUT2D eigenvalue weighted by Crippen LogP contribution is 2.47. The summed E-state index contributed by atoms with van der Waals surface area (Å²) in [6.07, 6.45) is 3.74. The molecule has 1 saturated heterocycles. The molecule has 2 rings (SSSR count). The lowest BCUT2D eigenvalue weighted by atomic mass is 9.68. The molecule has 3 atom stereocenters. The van der Waals surface area contributed by atoms with Crippen molar-refractivity contribution >= 4 is 5.97 Å². The third-order valence-corrected chi connectivity index (χ3v) is 3.92. The largest absolute Gasteiger partial charge is 0.481 e. The number of hydrogen-bond donors (Lipinski definition) is 1. The van der Waals surface area contributed by atoms with Crippen LogP contribution in [0.1, 0.15) is 39.5 Å². The molecule has 3 nitrogen and oxygen atoms in total. The Morgan fingerprint density at radius 3 is 2.47 bits per heavy atom. The van der Waals surface area contributed by atoms with E-state index in [-0.39, 0.29) is 11.5 Å². The van der Waals surface area contributed by atoms with Gasteiger partial charge >= 0.3 is 5.97 Å². The van der Waals surface area contributed by atoms with E-state index < -0.39 is 5.97 Å². The van der Waals surface area contributed by atoms with Gasteiger partial charge in [-0.05, 0) is 37.5 Å². The first-order valence-corrected chi connectivity index (χ1v) is 5.90. The molecule has 0 aromatic carbocycles. The fourth-order valence-corrected chi connectivity index (χ4v) is 3.61. The minimum atomic E-state index is -0.672. The smallest absolute Gasteiger partial charge is 0.309 e. The summed E-state index contributed by atoms with van der Waals surface area (Å²) in [5.74, 6) is 0.235. The van der Waals surface area contributed by atoms with E-state index in [4.69, 9.17) is 4.74 Å². The third kappa shape index (κ3) is 1.89. The average molecular weight is 212 g/mol. The molecule has 1 heterocycles. The summed E-state index contributed by atoms with van der Waals surface area (Å²) in [5, 5.41) is 9.22. The molecule has 1 saturated carbocycles. The van der Waals surface area contributed by atoms with Crippen molar-refractivity contribution in [3.05, 3.63) is 0 Å². The van der Waals surface area contributed by atoms with E-state index in [0.29, 0.717) is 24.9 Å². The van der Waals surface area contributed by atoms with E-state index in [2.05, 4.69) is 13.8 Å². The van der Waals surface area contributed by atoms with E-state index in [9.17, 15) is 9.90 Å². The Labute approximate surface area is 90.8 Å². The van der Waals surface area contributed by atoms with Crippen LogP contribution in [0, 0.1) is 17.8 Å². The Hall–Kier alpha value is -0.570. The number of hydrogen-bond acceptors (Lipinski definition) is 2. The predicted molar refractivity (Wildman–Crippen MR) is 56.6 cm³/mol. The lowest BCUT2D eigenvalue weighted by Gasteiger charge is -2.41. The van der Waals surface area contributed by atoms with Gasteiger partial charge in [-0.25, -0.2) is 0 Å². The van der Waals surface area contributed by atoms with E-state index in [1.165, 1.54) is 6.42 Å². The summed E-state index contributed by atoms with van der Waals surface area (Å²) in [6.45, 7) is 5.03. The Morgan fingerprint density at radius 2 is 1.93 bits per heavy atom. The molecule has 0 bridgehead atoms. The minimum absolute atomic E-state index is 0.275. The molecule has 0 amide bonds. The van der Waals surface area contributed by atoms with Gasteiger partial charge in [0.25, 0.3) is 0 Å². The fraction of sp³-hybridized carbons (Fsp3) is 0.917. The zero-order valence-corrected chi connectivity index (χ0v) is 9.53. The van der Waals surface area contributed by atoms with E-state index >= 15 is 0 Å². The molecule has 3 heteroatoms. The van der Waals surface area contributed by atoms with Crippen molar-refractivity contribution in [2.24, 2.45) is 17.8 Å². The summed E-state index contributed by atoms with van der Waals surface area (Å²) in [6, 6.07) is 0. The number of carbonyl (C=O) groups is 1. The maximum absolute atomic E-state index is 11.2. The Kier molecular flexibility index (Phi) is 2.75. The van der Waals surface area contributed by atoms with E-state index in [1.54, 1.807) is 0 Å². The highest BCUT2D eigenvalue weighted by Gasteiger charge is 2.51. The lowest BCUT2D eigenvalue weighted by molar-refractivity contribution is -0.152. The van der Waals surface area contributed by atoms with Crippen molar-refractivity contribution in [1.29, 1.82) is 0 Å². The number of aliphatic carboxylic acids is 1. The second-order valence-corrected chi connectivity index (χ2v) is 5.45. The molecule has 1 aliphatic heterocycles. The van der Waals surface area contributed by atoms with Crippen molar-refractivity contribution in [2.45, 2.75) is 45.1 Å². The second-order valence-electron chi connectivity index (χ2n) is 5.45. The van der Waals surface area contributed by atoms with Crippen molar-refractivity contribution < 1.29 is 14.6 Å². The molecule has 1 N–H and O–H groups in total. The number of rotatable bonds is 1. The van der Waals surface area contributed by atoms with Crippen LogP contribution < -0.4 is 0 Å². The highest BCUT2D eigenvalue weighted by molar-refractivity contribution is 5.72. The number of carboxylic acids is 1. The minimum Gasteiger partial charge on any atom is -0.481 e. The van der Waals surface area contributed by atoms with E-state index in [0.717, 1.165) is 12.8 Å². The molecule has 2 aliphatic rings. The van der Waals surface area contributed by atoms with Crippen molar-refractivity contribution in [3.63, 3.8) is 0 Å². The quantitative estimate of drug-likeness (QED) is 0.725. The first-order chi connectivity index (χ1) is 7.03. The van der Waals surface area contributed by atoms with Crippen molar-refractivity contribution in [3.8, 4) is 0 Å². The van der Waals surface area contributed by atoms with Crippen LogP contribution in [-0.4, -0.2) is 23.3 Å². The first-order valence-electron chi connectivity index (χ1n) is 5.90. The van der Waals surface area contributed by atoms with Crippen LogP contribution in [0.15, 0.2) is 0 Å². The SMILES string of the molecule is CC1CC(C)CC2(C1)OCCC2C(=O)O. The predicted octanol–water partition coefficient (Wildman–Crippen LogP) is 2.30. The third-order valence-electron chi connectivity index (χ3n) is 3.92. The Balaban J connectivity index is 2.19. The Morgan fingerprint density at radius 1 is 1.33 bits per heavy atom. The number of carboxylic acid groups (broad SMARTS) is 1. The van der Waals surface area contributed by atoms with Gasteiger partial charge in [0, 0.05) is 6.61 Å². The summed E-state index contributed by atoms with van der Waals surface area (Å²) >= 11 is 0. The fourth-order valence-electron chi connectivity index (χ4n) is 3.61. The molecule has 0 aromatic heterocycles. The summed E-state index contributed by atoms with van der Waals surface area (Å²) < 4.78 is 5.82. The monoisotopic (exact) mass is 212 g/mol. The topological polar surface area (TPSA) is 46.5 Å². The zero-order valence-electron chi connectivity index (χ0n) is 9.53. The van der Waals surface area contributed by atoms with Gasteiger partial charge in [0.15, 0.2) is 0 Å². The van der Waals surface area contributed by atoms with Gasteiger partial charge in [-0.15, -0.1) is 0 Å². The summed E-state index contributed by atoms with van der Waals surface area (Å²) in [4.78, 5) is 11.2. The van der Waals surface area contributed by atoms with Crippen LogP contribution in [0.25, 0.3) is 0 Å². The van der Waals surface area contributed by atoms with Crippen LogP contribution in [-0.2, 0) is 9.53 Å². The molecule has 3 unspecified atom stereocenters. The first kappa shape index (κ1) is 10.9. The molecule has 15 heavy (non-hydrogen) atoms. The molecule has 1 aliphatic carbocycles. The highest BCUT2D eigenvalue weighted by atomic mass is 16.5. The van der Waals surface area contributed by atoms with Crippen molar-refractivity contribution in [1.82, 2.24) is 0 Å². The summed E-state index contributed by atoms with van der Waals surface area (Å²) in [5.41, 5.74) is -0.344. The lowest BCUT2D eigenvalue weighted by Crippen LogP contribution is -2.45. The average Bonchev–Trinajstić information content (AvgIpc) is 2.45.